The largest absolute Gasteiger partial charge is 0.473 e. The van der Waals surface area contributed by atoms with Gasteiger partial charge in [0.2, 0.25) is 5.82 Å². The third-order valence-corrected chi connectivity index (χ3v) is 2.57. The summed E-state index contributed by atoms with van der Waals surface area (Å²) in [6.45, 7) is 1.99. The molecule has 8 heteroatoms. The molecule has 0 fully saturated rings. The van der Waals surface area contributed by atoms with Crippen LogP contribution in [0, 0.1) is 10.1 Å². The number of nitro groups is 1. The summed E-state index contributed by atoms with van der Waals surface area (Å²) in [6, 6.07) is 6.78. The van der Waals surface area contributed by atoms with E-state index in [-0.39, 0.29) is 24.0 Å². The van der Waals surface area contributed by atoms with Gasteiger partial charge in [-0.25, -0.2) is 4.98 Å². The molecule has 20 heavy (non-hydrogen) atoms. The van der Waals surface area contributed by atoms with E-state index in [1.54, 1.807) is 31.2 Å². The average Bonchev–Trinajstić information content (AvgIpc) is 2.39. The molecule has 0 radical (unpaired) electrons. The Bertz CT molecular complexity index is 636. The summed E-state index contributed by atoms with van der Waals surface area (Å²) >= 11 is 5.86. The van der Waals surface area contributed by atoms with Crippen LogP contribution in [-0.4, -0.2) is 21.5 Å². The molecule has 0 amide bonds. The van der Waals surface area contributed by atoms with Crippen LogP contribution in [0.4, 0.5) is 17.2 Å². The SMILES string of the molecule is CCOc1ncnc(Nc2cccc(Cl)c2)c1[N+](=O)[O-]. The van der Waals surface area contributed by atoms with Gasteiger partial charge in [0.15, 0.2) is 0 Å². The van der Waals surface area contributed by atoms with Gasteiger partial charge in [-0.3, -0.25) is 10.1 Å². The molecule has 7 nitrogen and oxygen atoms in total. The van der Waals surface area contributed by atoms with Gasteiger partial charge in [-0.15, -0.1) is 0 Å². The molecule has 0 bridgehead atoms. The minimum Gasteiger partial charge on any atom is -0.473 e. The van der Waals surface area contributed by atoms with Crippen LogP contribution in [0.3, 0.4) is 0 Å². The number of hydrogen-bond donors (Lipinski definition) is 1. The molecule has 1 aromatic carbocycles. The Balaban J connectivity index is 2.40. The number of halogens is 1. The van der Waals surface area contributed by atoms with Crippen molar-refractivity contribution in [1.29, 1.82) is 0 Å². The van der Waals surface area contributed by atoms with E-state index in [4.69, 9.17) is 16.3 Å². The molecule has 2 rings (SSSR count). The second-order valence-electron chi connectivity index (χ2n) is 3.70. The number of nitrogens with one attached hydrogen (secondary N) is 1. The summed E-state index contributed by atoms with van der Waals surface area (Å²) < 4.78 is 5.14. The van der Waals surface area contributed by atoms with Crippen LogP contribution in [0.1, 0.15) is 6.92 Å². The number of aromatic nitrogens is 2. The molecule has 104 valence electrons. The highest BCUT2D eigenvalue weighted by Crippen LogP contribution is 2.32. The van der Waals surface area contributed by atoms with Gasteiger partial charge in [0.05, 0.1) is 11.5 Å². The second kappa shape index (κ2) is 6.16. The first-order chi connectivity index (χ1) is 9.61. The molecule has 0 spiro atoms. The minimum absolute atomic E-state index is 0.0516. The Morgan fingerprint density at radius 1 is 1.45 bits per heavy atom. The smallest absolute Gasteiger partial charge is 0.373 e. The zero-order chi connectivity index (χ0) is 14.5. The first-order valence-corrected chi connectivity index (χ1v) is 6.14. The lowest BCUT2D eigenvalue weighted by Crippen LogP contribution is -2.05. The van der Waals surface area contributed by atoms with Crippen LogP contribution in [0.2, 0.25) is 5.02 Å². The normalized spacial score (nSPS) is 10.1. The summed E-state index contributed by atoms with van der Waals surface area (Å²) in [5, 5.41) is 14.5. The van der Waals surface area contributed by atoms with Crippen molar-refractivity contribution in [2.75, 3.05) is 11.9 Å². The lowest BCUT2D eigenvalue weighted by atomic mass is 10.3. The van der Waals surface area contributed by atoms with Crippen LogP contribution >= 0.6 is 11.6 Å². The topological polar surface area (TPSA) is 90.2 Å². The van der Waals surface area contributed by atoms with Crippen LogP contribution in [0.15, 0.2) is 30.6 Å². The van der Waals surface area contributed by atoms with Gasteiger partial charge in [0, 0.05) is 10.7 Å². The maximum atomic E-state index is 11.2. The summed E-state index contributed by atoms with van der Waals surface area (Å²) in [7, 11) is 0. The van der Waals surface area contributed by atoms with E-state index in [0.717, 1.165) is 0 Å². The van der Waals surface area contributed by atoms with Crippen LogP contribution in [-0.2, 0) is 0 Å². The summed E-state index contributed by atoms with van der Waals surface area (Å²) in [4.78, 5) is 18.2. The maximum absolute atomic E-state index is 11.2. The first-order valence-electron chi connectivity index (χ1n) is 5.76. The lowest BCUT2D eigenvalue weighted by molar-refractivity contribution is -0.385. The zero-order valence-corrected chi connectivity index (χ0v) is 11.3. The Morgan fingerprint density at radius 2 is 2.25 bits per heavy atom. The highest BCUT2D eigenvalue weighted by atomic mass is 35.5. The molecule has 1 N–H and O–H groups in total. The summed E-state index contributed by atoms with van der Waals surface area (Å²) in [6.07, 6.45) is 1.20. The van der Waals surface area contributed by atoms with Crippen molar-refractivity contribution in [3.8, 4) is 5.88 Å². The van der Waals surface area contributed by atoms with Crippen molar-refractivity contribution in [3.63, 3.8) is 0 Å². The summed E-state index contributed by atoms with van der Waals surface area (Å²) in [5.74, 6) is -0.0206. The molecule has 0 aliphatic heterocycles. The number of rotatable bonds is 5. The van der Waals surface area contributed by atoms with Crippen molar-refractivity contribution in [2.45, 2.75) is 6.92 Å². The molecule has 0 aliphatic rings. The van der Waals surface area contributed by atoms with Crippen molar-refractivity contribution >= 4 is 28.8 Å². The fourth-order valence-corrected chi connectivity index (χ4v) is 1.75. The molecular weight excluding hydrogens is 284 g/mol. The fraction of sp³-hybridized carbons (Fsp3) is 0.167. The number of ether oxygens (including phenoxy) is 1. The molecule has 2 aromatic rings. The number of anilines is 2. The quantitative estimate of drug-likeness (QED) is 0.673. The van der Waals surface area contributed by atoms with Gasteiger partial charge in [-0.05, 0) is 25.1 Å². The van der Waals surface area contributed by atoms with Gasteiger partial charge in [0.25, 0.3) is 5.88 Å². The molecule has 1 heterocycles. The molecule has 0 atom stereocenters. The van der Waals surface area contributed by atoms with Gasteiger partial charge in [0.1, 0.15) is 6.33 Å². The monoisotopic (exact) mass is 294 g/mol. The standard InChI is InChI=1S/C12H11ClN4O3/c1-2-20-12-10(17(18)19)11(14-7-15-12)16-9-5-3-4-8(13)6-9/h3-7H,2H2,1H3,(H,14,15,16). The van der Waals surface area contributed by atoms with E-state index in [1.165, 1.54) is 6.33 Å². The number of nitrogens with zero attached hydrogens (tertiary/aromatic N) is 3. The van der Waals surface area contributed by atoms with Gasteiger partial charge in [-0.2, -0.15) is 4.98 Å². The third kappa shape index (κ3) is 3.12. The van der Waals surface area contributed by atoms with Crippen LogP contribution < -0.4 is 10.1 Å². The Kier molecular flexibility index (Phi) is 4.31. The van der Waals surface area contributed by atoms with Crippen LogP contribution in [0.5, 0.6) is 5.88 Å². The Labute approximate surface area is 119 Å². The molecule has 0 saturated carbocycles. The third-order valence-electron chi connectivity index (χ3n) is 2.34. The molecular formula is C12H11ClN4O3. The lowest BCUT2D eigenvalue weighted by Gasteiger charge is -2.08. The highest BCUT2D eigenvalue weighted by Gasteiger charge is 2.24. The number of benzene rings is 1. The molecule has 0 aliphatic carbocycles. The van der Waals surface area contributed by atoms with Gasteiger partial charge >= 0.3 is 5.69 Å². The van der Waals surface area contributed by atoms with Crippen molar-refractivity contribution in [1.82, 2.24) is 9.97 Å². The fourth-order valence-electron chi connectivity index (χ4n) is 1.56. The number of hydrogen-bond acceptors (Lipinski definition) is 6. The average molecular weight is 295 g/mol. The van der Waals surface area contributed by atoms with E-state index in [2.05, 4.69) is 15.3 Å². The molecule has 0 unspecified atom stereocenters. The van der Waals surface area contributed by atoms with E-state index in [1.807, 2.05) is 0 Å². The van der Waals surface area contributed by atoms with Crippen molar-refractivity contribution in [2.24, 2.45) is 0 Å². The maximum Gasteiger partial charge on any atom is 0.373 e. The first kappa shape index (κ1) is 14.0. The van der Waals surface area contributed by atoms with Crippen molar-refractivity contribution in [3.05, 3.63) is 45.7 Å². The second-order valence-corrected chi connectivity index (χ2v) is 4.14. The molecule has 1 aromatic heterocycles. The predicted molar refractivity (Wildman–Crippen MR) is 74.6 cm³/mol. The van der Waals surface area contributed by atoms with Crippen molar-refractivity contribution < 1.29 is 9.66 Å². The van der Waals surface area contributed by atoms with Crippen LogP contribution in [0.25, 0.3) is 0 Å². The Morgan fingerprint density at radius 3 is 2.90 bits per heavy atom. The zero-order valence-electron chi connectivity index (χ0n) is 10.5. The van der Waals surface area contributed by atoms with Gasteiger partial charge < -0.3 is 10.1 Å². The van der Waals surface area contributed by atoms with E-state index in [0.29, 0.717) is 10.7 Å². The minimum atomic E-state index is -0.585. The highest BCUT2D eigenvalue weighted by molar-refractivity contribution is 6.30. The van der Waals surface area contributed by atoms with E-state index in [9.17, 15) is 10.1 Å². The van der Waals surface area contributed by atoms with Gasteiger partial charge in [-0.1, -0.05) is 17.7 Å². The molecule has 0 saturated heterocycles. The van der Waals surface area contributed by atoms with E-state index >= 15 is 0 Å². The summed E-state index contributed by atoms with van der Waals surface area (Å²) in [5.41, 5.74) is 0.274. The predicted octanol–water partition coefficient (Wildman–Crippen LogP) is 3.18. The van der Waals surface area contributed by atoms with E-state index < -0.39 is 4.92 Å². The Hall–Kier alpha value is -2.41.